The molecule has 36 heavy (non-hydrogen) atoms. The van der Waals surface area contributed by atoms with Crippen LogP contribution in [0.15, 0.2) is 89.3 Å². The highest BCUT2D eigenvalue weighted by atomic mass is 16.6. The van der Waals surface area contributed by atoms with E-state index in [1.807, 2.05) is 42.5 Å². The Hall–Kier alpha value is -4.59. The molecule has 184 valence electrons. The highest BCUT2D eigenvalue weighted by molar-refractivity contribution is 6.03. The molecule has 0 spiro atoms. The van der Waals surface area contributed by atoms with E-state index < -0.39 is 10.8 Å². The van der Waals surface area contributed by atoms with E-state index in [4.69, 9.17) is 13.9 Å². The van der Waals surface area contributed by atoms with Crippen molar-refractivity contribution in [1.29, 1.82) is 0 Å². The Bertz CT molecular complexity index is 1360. The van der Waals surface area contributed by atoms with Crippen molar-refractivity contribution in [3.63, 3.8) is 0 Å². The first-order valence-corrected chi connectivity index (χ1v) is 11.3. The molecule has 4 aromatic rings. The van der Waals surface area contributed by atoms with Gasteiger partial charge in [0, 0.05) is 11.5 Å². The Morgan fingerprint density at radius 2 is 1.67 bits per heavy atom. The Balaban J connectivity index is 1.37. The van der Waals surface area contributed by atoms with Gasteiger partial charge in [0.05, 0.1) is 23.8 Å². The lowest BCUT2D eigenvalue weighted by molar-refractivity contribution is -0.384. The van der Waals surface area contributed by atoms with Gasteiger partial charge in [-0.15, -0.1) is 0 Å². The summed E-state index contributed by atoms with van der Waals surface area (Å²) in [5.74, 6) is 0.895. The van der Waals surface area contributed by atoms with E-state index in [2.05, 4.69) is 31.3 Å². The van der Waals surface area contributed by atoms with Crippen LogP contribution in [-0.2, 0) is 12.0 Å². The Kier molecular flexibility index (Phi) is 7.05. The normalized spacial score (nSPS) is 11.1. The number of anilines is 1. The third-order valence-corrected chi connectivity index (χ3v) is 5.98. The van der Waals surface area contributed by atoms with Crippen LogP contribution in [0.2, 0.25) is 0 Å². The van der Waals surface area contributed by atoms with Crippen molar-refractivity contribution in [3.8, 4) is 11.5 Å². The van der Waals surface area contributed by atoms with E-state index in [0.29, 0.717) is 17.2 Å². The highest BCUT2D eigenvalue weighted by Gasteiger charge is 2.22. The molecule has 3 aromatic carbocycles. The van der Waals surface area contributed by atoms with Crippen molar-refractivity contribution >= 4 is 17.3 Å². The second kappa shape index (κ2) is 10.4. The fraction of sp³-hybridized carbons (Fsp3) is 0.179. The number of nitrogens with one attached hydrogen (secondary N) is 1. The van der Waals surface area contributed by atoms with Gasteiger partial charge in [-0.1, -0.05) is 56.3 Å². The minimum absolute atomic E-state index is 0.0777. The van der Waals surface area contributed by atoms with Crippen molar-refractivity contribution in [2.24, 2.45) is 0 Å². The average molecular weight is 487 g/mol. The van der Waals surface area contributed by atoms with Crippen LogP contribution in [0.1, 0.15) is 41.3 Å². The first kappa shape index (κ1) is 24.5. The molecule has 1 aromatic heterocycles. The summed E-state index contributed by atoms with van der Waals surface area (Å²) in [6.07, 6.45) is 0. The first-order valence-electron chi connectivity index (χ1n) is 11.3. The van der Waals surface area contributed by atoms with Crippen molar-refractivity contribution in [1.82, 2.24) is 0 Å². The molecule has 0 aliphatic rings. The van der Waals surface area contributed by atoms with Gasteiger partial charge < -0.3 is 19.2 Å². The summed E-state index contributed by atoms with van der Waals surface area (Å²) in [7, 11) is 1.37. The van der Waals surface area contributed by atoms with Gasteiger partial charge in [0.2, 0.25) is 0 Å². The number of rotatable bonds is 9. The third kappa shape index (κ3) is 5.38. The molecule has 8 heteroatoms. The molecule has 1 N–H and O–H groups in total. The Morgan fingerprint density at radius 1 is 0.972 bits per heavy atom. The van der Waals surface area contributed by atoms with E-state index in [1.54, 1.807) is 6.07 Å². The molecule has 0 aliphatic heterocycles. The predicted molar refractivity (Wildman–Crippen MR) is 136 cm³/mol. The van der Waals surface area contributed by atoms with Gasteiger partial charge in [-0.05, 0) is 41.5 Å². The average Bonchev–Trinajstić information content (AvgIpc) is 3.37. The smallest absolute Gasteiger partial charge is 0.291 e. The zero-order valence-corrected chi connectivity index (χ0v) is 20.2. The summed E-state index contributed by atoms with van der Waals surface area (Å²) in [5, 5.41) is 13.6. The van der Waals surface area contributed by atoms with Crippen molar-refractivity contribution in [2.45, 2.75) is 25.9 Å². The van der Waals surface area contributed by atoms with Crippen molar-refractivity contribution in [2.75, 3.05) is 12.4 Å². The molecule has 0 unspecified atom stereocenters. The van der Waals surface area contributed by atoms with E-state index in [9.17, 15) is 14.9 Å². The highest BCUT2D eigenvalue weighted by Crippen LogP contribution is 2.32. The number of nitro benzene ring substituents is 1. The number of carbonyl (C=O) groups excluding carboxylic acids is 1. The zero-order valence-electron chi connectivity index (χ0n) is 20.2. The molecular formula is C28H26N2O6. The Labute approximate surface area is 208 Å². The minimum atomic E-state index is -0.537. The van der Waals surface area contributed by atoms with Gasteiger partial charge in [0.15, 0.2) is 5.76 Å². The lowest BCUT2D eigenvalue weighted by Gasteiger charge is -2.26. The number of carbonyl (C=O) groups is 1. The number of non-ortho nitro benzene ring substituents is 1. The number of ether oxygens (including phenoxy) is 2. The number of furan rings is 1. The van der Waals surface area contributed by atoms with Gasteiger partial charge in [-0.3, -0.25) is 14.9 Å². The maximum atomic E-state index is 12.6. The molecule has 0 saturated carbocycles. The van der Waals surface area contributed by atoms with E-state index in [-0.39, 0.29) is 29.2 Å². The SMILES string of the molecule is COc1cc([N+](=O)[O-])ccc1NC(=O)c1ccc(COc2ccc(C(C)(C)c3ccccc3)cc2)o1. The monoisotopic (exact) mass is 486 g/mol. The standard InChI is InChI=1S/C28H26N2O6/c1-28(2,19-7-5-4-6-8-19)20-9-12-22(13-10-20)35-18-23-14-16-25(36-23)27(31)29-24-15-11-21(30(32)33)17-26(24)34-3/h4-17H,18H2,1-3H3,(H,29,31). The van der Waals surface area contributed by atoms with E-state index >= 15 is 0 Å². The summed E-state index contributed by atoms with van der Waals surface area (Å²) in [6.45, 7) is 4.51. The largest absolute Gasteiger partial charge is 0.494 e. The molecule has 0 bridgehead atoms. The number of benzene rings is 3. The van der Waals surface area contributed by atoms with Crippen LogP contribution in [0, 0.1) is 10.1 Å². The molecule has 8 nitrogen and oxygen atoms in total. The van der Waals surface area contributed by atoms with E-state index in [1.165, 1.54) is 42.5 Å². The molecule has 0 aliphatic carbocycles. The van der Waals surface area contributed by atoms with E-state index in [0.717, 1.165) is 0 Å². The van der Waals surface area contributed by atoms with Crippen LogP contribution in [0.5, 0.6) is 11.5 Å². The summed E-state index contributed by atoms with van der Waals surface area (Å²) in [5.41, 5.74) is 2.40. The van der Waals surface area contributed by atoms with Crippen LogP contribution >= 0.6 is 0 Å². The predicted octanol–water partition coefficient (Wildman–Crippen LogP) is 6.35. The number of hydrogen-bond donors (Lipinski definition) is 1. The molecule has 1 amide bonds. The van der Waals surface area contributed by atoms with Gasteiger partial charge in [-0.2, -0.15) is 0 Å². The van der Waals surface area contributed by atoms with Gasteiger partial charge in [-0.25, -0.2) is 0 Å². The van der Waals surface area contributed by atoms with Crippen molar-refractivity contribution in [3.05, 3.63) is 118 Å². The molecule has 4 rings (SSSR count). The first-order chi connectivity index (χ1) is 17.3. The number of amides is 1. The lowest BCUT2D eigenvalue weighted by Crippen LogP contribution is -2.18. The molecular weight excluding hydrogens is 460 g/mol. The Morgan fingerprint density at radius 3 is 2.33 bits per heavy atom. The maximum Gasteiger partial charge on any atom is 0.291 e. The fourth-order valence-corrected chi connectivity index (χ4v) is 3.80. The van der Waals surface area contributed by atoms with Crippen molar-refractivity contribution < 1.29 is 23.6 Å². The minimum Gasteiger partial charge on any atom is -0.494 e. The van der Waals surface area contributed by atoms with Gasteiger partial charge in [0.1, 0.15) is 23.9 Å². The van der Waals surface area contributed by atoms with Crippen LogP contribution in [0.25, 0.3) is 0 Å². The number of hydrogen-bond acceptors (Lipinski definition) is 6. The number of nitrogens with zero attached hydrogens (tertiary/aromatic N) is 1. The molecule has 0 atom stereocenters. The summed E-state index contributed by atoms with van der Waals surface area (Å²) >= 11 is 0. The molecule has 1 heterocycles. The second-order valence-electron chi connectivity index (χ2n) is 8.67. The van der Waals surface area contributed by atoms with Crippen LogP contribution in [0.3, 0.4) is 0 Å². The molecule has 0 radical (unpaired) electrons. The number of methoxy groups -OCH3 is 1. The summed E-state index contributed by atoms with van der Waals surface area (Å²) in [4.78, 5) is 23.0. The molecule has 0 saturated heterocycles. The second-order valence-corrected chi connectivity index (χ2v) is 8.67. The third-order valence-electron chi connectivity index (χ3n) is 5.98. The van der Waals surface area contributed by atoms with Crippen LogP contribution < -0.4 is 14.8 Å². The maximum absolute atomic E-state index is 12.6. The quantitative estimate of drug-likeness (QED) is 0.218. The van der Waals surface area contributed by atoms with Crippen LogP contribution in [0.4, 0.5) is 11.4 Å². The zero-order chi connectivity index (χ0) is 25.7. The van der Waals surface area contributed by atoms with Gasteiger partial charge in [0.25, 0.3) is 11.6 Å². The summed E-state index contributed by atoms with van der Waals surface area (Å²) in [6, 6.07) is 25.4. The van der Waals surface area contributed by atoms with Crippen LogP contribution in [-0.4, -0.2) is 17.9 Å². The molecule has 0 fully saturated rings. The lowest BCUT2D eigenvalue weighted by atomic mass is 9.78. The summed E-state index contributed by atoms with van der Waals surface area (Å²) < 4.78 is 16.6. The topological polar surface area (TPSA) is 104 Å². The van der Waals surface area contributed by atoms with Gasteiger partial charge >= 0.3 is 0 Å². The number of nitro groups is 1. The fourth-order valence-electron chi connectivity index (χ4n) is 3.80.